The Morgan fingerprint density at radius 2 is 1.95 bits per heavy atom. The lowest BCUT2D eigenvalue weighted by atomic mass is 9.86. The molecule has 1 N–H and O–H groups in total. The molecule has 0 aromatic heterocycles. The Hall–Kier alpha value is -1.09. The molecule has 0 saturated carbocycles. The van der Waals surface area contributed by atoms with Crippen molar-refractivity contribution >= 4 is 0 Å². The number of rotatable bonds is 10. The van der Waals surface area contributed by atoms with Crippen LogP contribution in [0.25, 0.3) is 0 Å². The van der Waals surface area contributed by atoms with Gasteiger partial charge in [-0.05, 0) is 31.4 Å². The first kappa shape index (κ1) is 18.0. The number of benzene rings is 1. The SMILES string of the molecule is CCCCC(CC)C(NCCC)c1cccc(OC)c1F. The summed E-state index contributed by atoms with van der Waals surface area (Å²) in [7, 11) is 1.52. The highest BCUT2D eigenvalue weighted by Gasteiger charge is 2.24. The normalized spacial score (nSPS) is 14.0. The molecule has 3 heteroatoms. The van der Waals surface area contributed by atoms with Crippen LogP contribution in [0.3, 0.4) is 0 Å². The molecular weight excluding hydrogens is 265 g/mol. The van der Waals surface area contributed by atoms with E-state index in [1.54, 1.807) is 6.07 Å². The molecule has 0 spiro atoms. The Bertz CT molecular complexity index is 408. The van der Waals surface area contributed by atoms with Crippen LogP contribution < -0.4 is 10.1 Å². The number of methoxy groups -OCH3 is 1. The van der Waals surface area contributed by atoms with Gasteiger partial charge in [-0.15, -0.1) is 0 Å². The average molecular weight is 295 g/mol. The summed E-state index contributed by atoms with van der Waals surface area (Å²) in [4.78, 5) is 0. The van der Waals surface area contributed by atoms with Crippen molar-refractivity contribution in [1.29, 1.82) is 0 Å². The molecule has 21 heavy (non-hydrogen) atoms. The first-order valence-electron chi connectivity index (χ1n) is 8.25. The lowest BCUT2D eigenvalue weighted by molar-refractivity contribution is 0.310. The highest BCUT2D eigenvalue weighted by molar-refractivity contribution is 5.33. The summed E-state index contributed by atoms with van der Waals surface area (Å²) in [5, 5.41) is 3.54. The van der Waals surface area contributed by atoms with Crippen LogP contribution >= 0.6 is 0 Å². The van der Waals surface area contributed by atoms with Gasteiger partial charge in [0.2, 0.25) is 0 Å². The van der Waals surface area contributed by atoms with Crippen LogP contribution in [-0.4, -0.2) is 13.7 Å². The number of unbranched alkanes of at least 4 members (excludes halogenated alkanes) is 1. The van der Waals surface area contributed by atoms with E-state index < -0.39 is 0 Å². The van der Waals surface area contributed by atoms with E-state index >= 15 is 0 Å². The second-order valence-corrected chi connectivity index (χ2v) is 5.61. The molecule has 1 aromatic rings. The maximum absolute atomic E-state index is 14.6. The lowest BCUT2D eigenvalue weighted by Gasteiger charge is -2.28. The zero-order chi connectivity index (χ0) is 15.7. The van der Waals surface area contributed by atoms with E-state index in [9.17, 15) is 4.39 Å². The van der Waals surface area contributed by atoms with Gasteiger partial charge in [-0.25, -0.2) is 4.39 Å². The topological polar surface area (TPSA) is 21.3 Å². The van der Waals surface area contributed by atoms with Gasteiger partial charge in [-0.2, -0.15) is 0 Å². The second kappa shape index (κ2) is 9.78. The molecule has 2 unspecified atom stereocenters. The molecule has 2 atom stereocenters. The lowest BCUT2D eigenvalue weighted by Crippen LogP contribution is -2.29. The maximum atomic E-state index is 14.6. The molecule has 1 rings (SSSR count). The Kier molecular flexibility index (Phi) is 8.36. The van der Waals surface area contributed by atoms with Crippen LogP contribution in [0.1, 0.15) is 64.5 Å². The average Bonchev–Trinajstić information content (AvgIpc) is 2.51. The van der Waals surface area contributed by atoms with E-state index in [1.807, 2.05) is 12.1 Å². The molecule has 0 aliphatic heterocycles. The van der Waals surface area contributed by atoms with Gasteiger partial charge in [-0.3, -0.25) is 0 Å². The molecule has 0 bridgehead atoms. The standard InChI is InChI=1S/C18H30FNO/c1-5-8-10-14(7-3)18(20-13-6-2)15-11-9-12-16(21-4)17(15)19/h9,11-12,14,18,20H,5-8,10,13H2,1-4H3. The molecule has 0 heterocycles. The highest BCUT2D eigenvalue weighted by Crippen LogP contribution is 2.33. The fourth-order valence-corrected chi connectivity index (χ4v) is 2.83. The monoisotopic (exact) mass is 295 g/mol. The van der Waals surface area contributed by atoms with Crippen LogP contribution in [-0.2, 0) is 0 Å². The van der Waals surface area contributed by atoms with Crippen molar-refractivity contribution in [2.24, 2.45) is 5.92 Å². The van der Waals surface area contributed by atoms with Gasteiger partial charge < -0.3 is 10.1 Å². The van der Waals surface area contributed by atoms with Crippen LogP contribution in [0.2, 0.25) is 0 Å². The van der Waals surface area contributed by atoms with Crippen molar-refractivity contribution in [1.82, 2.24) is 5.32 Å². The van der Waals surface area contributed by atoms with Crippen LogP contribution in [0.15, 0.2) is 18.2 Å². The van der Waals surface area contributed by atoms with Crippen molar-refractivity contribution in [3.05, 3.63) is 29.6 Å². The molecule has 2 nitrogen and oxygen atoms in total. The van der Waals surface area contributed by atoms with E-state index in [0.29, 0.717) is 11.7 Å². The maximum Gasteiger partial charge on any atom is 0.169 e. The molecular formula is C18H30FNO. The van der Waals surface area contributed by atoms with Crippen molar-refractivity contribution in [2.75, 3.05) is 13.7 Å². The largest absolute Gasteiger partial charge is 0.494 e. The van der Waals surface area contributed by atoms with E-state index in [-0.39, 0.29) is 11.9 Å². The number of hydrogen-bond donors (Lipinski definition) is 1. The predicted molar refractivity (Wildman–Crippen MR) is 87.3 cm³/mol. The number of hydrogen-bond acceptors (Lipinski definition) is 2. The molecule has 0 aliphatic carbocycles. The summed E-state index contributed by atoms with van der Waals surface area (Å²) in [6.07, 6.45) is 5.60. The quantitative estimate of drug-likeness (QED) is 0.649. The Labute approximate surface area is 129 Å². The van der Waals surface area contributed by atoms with E-state index in [4.69, 9.17) is 4.74 Å². The zero-order valence-corrected chi connectivity index (χ0v) is 13.9. The fraction of sp³-hybridized carbons (Fsp3) is 0.667. The van der Waals surface area contributed by atoms with E-state index in [2.05, 4.69) is 26.1 Å². The van der Waals surface area contributed by atoms with Gasteiger partial charge in [0, 0.05) is 11.6 Å². The highest BCUT2D eigenvalue weighted by atomic mass is 19.1. The molecule has 0 amide bonds. The molecule has 0 saturated heterocycles. The zero-order valence-electron chi connectivity index (χ0n) is 13.9. The summed E-state index contributed by atoms with van der Waals surface area (Å²) in [5.74, 6) is 0.572. The summed E-state index contributed by atoms with van der Waals surface area (Å²) in [6.45, 7) is 7.44. The molecule has 0 radical (unpaired) electrons. The van der Waals surface area contributed by atoms with Crippen molar-refractivity contribution < 1.29 is 9.13 Å². The summed E-state index contributed by atoms with van der Waals surface area (Å²) < 4.78 is 19.7. The Morgan fingerprint density at radius 3 is 2.52 bits per heavy atom. The number of halogens is 1. The summed E-state index contributed by atoms with van der Waals surface area (Å²) >= 11 is 0. The van der Waals surface area contributed by atoms with Crippen LogP contribution in [0, 0.1) is 11.7 Å². The summed E-state index contributed by atoms with van der Waals surface area (Å²) in [6, 6.07) is 5.52. The molecule has 0 fully saturated rings. The van der Waals surface area contributed by atoms with Gasteiger partial charge in [0.1, 0.15) is 0 Å². The minimum Gasteiger partial charge on any atom is -0.494 e. The van der Waals surface area contributed by atoms with E-state index in [1.165, 1.54) is 20.0 Å². The second-order valence-electron chi connectivity index (χ2n) is 5.61. The van der Waals surface area contributed by atoms with Gasteiger partial charge in [0.05, 0.1) is 7.11 Å². The van der Waals surface area contributed by atoms with Crippen molar-refractivity contribution in [3.8, 4) is 5.75 Å². The third kappa shape index (κ3) is 4.99. The van der Waals surface area contributed by atoms with Gasteiger partial charge in [0.15, 0.2) is 11.6 Å². The van der Waals surface area contributed by atoms with Crippen LogP contribution in [0.4, 0.5) is 4.39 Å². The Balaban J connectivity index is 3.05. The van der Waals surface area contributed by atoms with E-state index in [0.717, 1.165) is 31.4 Å². The Morgan fingerprint density at radius 1 is 1.19 bits per heavy atom. The van der Waals surface area contributed by atoms with Crippen molar-refractivity contribution in [3.63, 3.8) is 0 Å². The number of nitrogens with one attached hydrogen (secondary N) is 1. The minimum absolute atomic E-state index is 0.0663. The van der Waals surface area contributed by atoms with Crippen LogP contribution in [0.5, 0.6) is 5.75 Å². The summed E-state index contributed by atoms with van der Waals surface area (Å²) in [5.41, 5.74) is 0.741. The van der Waals surface area contributed by atoms with Gasteiger partial charge in [0.25, 0.3) is 0 Å². The minimum atomic E-state index is -0.219. The molecule has 0 aliphatic rings. The first-order chi connectivity index (χ1) is 10.2. The molecule has 1 aromatic carbocycles. The van der Waals surface area contributed by atoms with Gasteiger partial charge in [-0.1, -0.05) is 52.2 Å². The number of ether oxygens (including phenoxy) is 1. The predicted octanol–water partition coefficient (Wildman–Crippen LogP) is 5.09. The smallest absolute Gasteiger partial charge is 0.169 e. The van der Waals surface area contributed by atoms with Crippen molar-refractivity contribution in [2.45, 2.75) is 58.9 Å². The molecule has 120 valence electrons. The van der Waals surface area contributed by atoms with Gasteiger partial charge >= 0.3 is 0 Å². The third-order valence-corrected chi connectivity index (χ3v) is 4.09. The third-order valence-electron chi connectivity index (χ3n) is 4.09. The fourth-order valence-electron chi connectivity index (χ4n) is 2.83. The first-order valence-corrected chi connectivity index (χ1v) is 8.25.